The topological polar surface area (TPSA) is 35.2 Å². The first-order valence-corrected chi connectivity index (χ1v) is 6.87. The number of ether oxygens (including phenoxy) is 1. The maximum atomic E-state index is 13.1. The van der Waals surface area contributed by atoms with Gasteiger partial charge in [-0.15, -0.1) is 11.3 Å². The lowest BCUT2D eigenvalue weighted by molar-refractivity contribution is 0.175. The van der Waals surface area contributed by atoms with Gasteiger partial charge in [0.05, 0.1) is 0 Å². The Morgan fingerprint density at radius 3 is 2.89 bits per heavy atom. The Morgan fingerprint density at radius 1 is 1.39 bits per heavy atom. The Balaban J connectivity index is 2.19. The van der Waals surface area contributed by atoms with Crippen LogP contribution in [-0.4, -0.2) is 13.7 Å². The molecule has 1 heterocycles. The largest absolute Gasteiger partial charge is 0.385 e. The predicted molar refractivity (Wildman–Crippen MR) is 74.4 cm³/mol. The van der Waals surface area contributed by atoms with Crippen molar-refractivity contribution in [1.29, 1.82) is 0 Å². The molecule has 1 aromatic carbocycles. The van der Waals surface area contributed by atoms with Crippen molar-refractivity contribution in [3.63, 3.8) is 0 Å². The Labute approximate surface area is 111 Å². The highest BCUT2D eigenvalue weighted by Gasteiger charge is 2.17. The standard InChI is InChI=1S/C14H18FNOS/c1-9(5-6-17-2)14(16)13-7-10-3-4-11(15)8-12(10)18-13/h3-4,7-9,14H,5-6,16H2,1-2H3. The van der Waals surface area contributed by atoms with Gasteiger partial charge in [-0.25, -0.2) is 4.39 Å². The van der Waals surface area contributed by atoms with E-state index in [1.165, 1.54) is 6.07 Å². The van der Waals surface area contributed by atoms with Gasteiger partial charge >= 0.3 is 0 Å². The van der Waals surface area contributed by atoms with Crippen LogP contribution in [0.3, 0.4) is 0 Å². The molecular weight excluding hydrogens is 249 g/mol. The molecule has 2 nitrogen and oxygen atoms in total. The van der Waals surface area contributed by atoms with Crippen LogP contribution in [0.2, 0.25) is 0 Å². The monoisotopic (exact) mass is 267 g/mol. The number of methoxy groups -OCH3 is 1. The number of hydrogen-bond donors (Lipinski definition) is 1. The SMILES string of the molecule is COCCC(C)C(N)c1cc2ccc(F)cc2s1. The van der Waals surface area contributed by atoms with Gasteiger partial charge < -0.3 is 10.5 Å². The quantitative estimate of drug-likeness (QED) is 0.896. The molecule has 0 spiro atoms. The van der Waals surface area contributed by atoms with Crippen LogP contribution >= 0.6 is 11.3 Å². The van der Waals surface area contributed by atoms with E-state index in [9.17, 15) is 4.39 Å². The normalized spacial score (nSPS) is 14.9. The fraction of sp³-hybridized carbons (Fsp3) is 0.429. The Morgan fingerprint density at radius 2 is 2.17 bits per heavy atom. The summed E-state index contributed by atoms with van der Waals surface area (Å²) in [7, 11) is 1.69. The van der Waals surface area contributed by atoms with Gasteiger partial charge in [-0.2, -0.15) is 0 Å². The van der Waals surface area contributed by atoms with E-state index in [-0.39, 0.29) is 11.9 Å². The van der Waals surface area contributed by atoms with Crippen molar-refractivity contribution in [2.75, 3.05) is 13.7 Å². The van der Waals surface area contributed by atoms with E-state index in [1.807, 2.05) is 0 Å². The number of halogens is 1. The van der Waals surface area contributed by atoms with Gasteiger partial charge in [0.2, 0.25) is 0 Å². The van der Waals surface area contributed by atoms with Crippen molar-refractivity contribution in [3.8, 4) is 0 Å². The molecule has 0 aliphatic rings. The lowest BCUT2D eigenvalue weighted by Gasteiger charge is -2.17. The van der Waals surface area contributed by atoms with E-state index >= 15 is 0 Å². The van der Waals surface area contributed by atoms with Crippen molar-refractivity contribution < 1.29 is 9.13 Å². The molecule has 18 heavy (non-hydrogen) atoms. The molecule has 98 valence electrons. The van der Waals surface area contributed by atoms with E-state index in [0.29, 0.717) is 12.5 Å². The minimum absolute atomic E-state index is 0.0133. The zero-order chi connectivity index (χ0) is 13.1. The van der Waals surface area contributed by atoms with Crippen LogP contribution in [-0.2, 0) is 4.74 Å². The van der Waals surface area contributed by atoms with Crippen LogP contribution in [0.25, 0.3) is 10.1 Å². The number of fused-ring (bicyclic) bond motifs is 1. The summed E-state index contributed by atoms with van der Waals surface area (Å²) in [4.78, 5) is 1.11. The molecule has 0 fully saturated rings. The molecule has 1 aromatic heterocycles. The summed E-state index contributed by atoms with van der Waals surface area (Å²) in [6, 6.07) is 6.90. The Bertz CT molecular complexity index is 525. The van der Waals surface area contributed by atoms with Gasteiger partial charge in [-0.3, -0.25) is 0 Å². The van der Waals surface area contributed by atoms with E-state index < -0.39 is 0 Å². The third-order valence-corrected chi connectivity index (χ3v) is 4.42. The second-order valence-electron chi connectivity index (χ2n) is 4.62. The van der Waals surface area contributed by atoms with Gasteiger partial charge in [0.25, 0.3) is 0 Å². The van der Waals surface area contributed by atoms with Crippen LogP contribution < -0.4 is 5.73 Å². The summed E-state index contributed by atoms with van der Waals surface area (Å²) >= 11 is 1.58. The summed E-state index contributed by atoms with van der Waals surface area (Å²) in [6.45, 7) is 2.84. The van der Waals surface area contributed by atoms with Crippen molar-refractivity contribution in [2.45, 2.75) is 19.4 Å². The average molecular weight is 267 g/mol. The highest BCUT2D eigenvalue weighted by atomic mass is 32.1. The Hall–Kier alpha value is -0.970. The van der Waals surface area contributed by atoms with Crippen LogP contribution in [0.1, 0.15) is 24.3 Å². The lowest BCUT2D eigenvalue weighted by Crippen LogP contribution is -2.19. The van der Waals surface area contributed by atoms with Crippen LogP contribution in [0.15, 0.2) is 24.3 Å². The molecule has 2 N–H and O–H groups in total. The van der Waals surface area contributed by atoms with Crippen molar-refractivity contribution in [2.24, 2.45) is 11.7 Å². The minimum Gasteiger partial charge on any atom is -0.385 e. The van der Waals surface area contributed by atoms with Crippen molar-refractivity contribution >= 4 is 21.4 Å². The molecule has 2 rings (SSSR count). The summed E-state index contributed by atoms with van der Waals surface area (Å²) in [5.41, 5.74) is 6.24. The zero-order valence-corrected chi connectivity index (χ0v) is 11.5. The first-order valence-electron chi connectivity index (χ1n) is 6.05. The molecule has 0 saturated heterocycles. The molecule has 0 bridgehead atoms. The van der Waals surface area contributed by atoms with Crippen molar-refractivity contribution in [3.05, 3.63) is 35.0 Å². The number of nitrogens with two attached hydrogens (primary N) is 1. The molecule has 0 amide bonds. The first kappa shape index (κ1) is 13.5. The van der Waals surface area contributed by atoms with Gasteiger partial charge in [0, 0.05) is 29.3 Å². The minimum atomic E-state index is -0.197. The van der Waals surface area contributed by atoms with Crippen LogP contribution in [0.4, 0.5) is 4.39 Å². The molecule has 2 aromatic rings. The number of benzene rings is 1. The lowest BCUT2D eigenvalue weighted by atomic mass is 9.98. The maximum absolute atomic E-state index is 13.1. The van der Waals surface area contributed by atoms with Crippen LogP contribution in [0, 0.1) is 11.7 Å². The summed E-state index contributed by atoms with van der Waals surface area (Å²) in [5, 5.41) is 1.06. The molecule has 0 radical (unpaired) electrons. The number of hydrogen-bond acceptors (Lipinski definition) is 3. The second kappa shape index (κ2) is 5.78. The van der Waals surface area contributed by atoms with E-state index in [4.69, 9.17) is 10.5 Å². The first-order chi connectivity index (χ1) is 8.61. The van der Waals surface area contributed by atoms with Crippen LogP contribution in [0.5, 0.6) is 0 Å². The average Bonchev–Trinajstić information content (AvgIpc) is 2.77. The zero-order valence-electron chi connectivity index (χ0n) is 10.7. The highest BCUT2D eigenvalue weighted by molar-refractivity contribution is 7.19. The van der Waals surface area contributed by atoms with E-state index in [1.54, 1.807) is 30.6 Å². The van der Waals surface area contributed by atoms with Gasteiger partial charge in [0.15, 0.2) is 0 Å². The summed E-state index contributed by atoms with van der Waals surface area (Å²) in [5.74, 6) is 0.153. The Kier molecular flexibility index (Phi) is 4.32. The molecular formula is C14H18FNOS. The smallest absolute Gasteiger partial charge is 0.124 e. The highest BCUT2D eigenvalue weighted by Crippen LogP contribution is 2.33. The summed E-state index contributed by atoms with van der Waals surface area (Å²) in [6.07, 6.45) is 0.931. The number of rotatable bonds is 5. The maximum Gasteiger partial charge on any atom is 0.124 e. The van der Waals surface area contributed by atoms with Gasteiger partial charge in [-0.1, -0.05) is 13.0 Å². The fourth-order valence-electron chi connectivity index (χ4n) is 1.95. The molecule has 0 aliphatic carbocycles. The van der Waals surface area contributed by atoms with E-state index in [0.717, 1.165) is 21.4 Å². The molecule has 2 atom stereocenters. The molecule has 2 unspecified atom stereocenters. The summed E-state index contributed by atoms with van der Waals surface area (Å²) < 4.78 is 19.2. The number of thiophene rings is 1. The second-order valence-corrected chi connectivity index (χ2v) is 5.73. The predicted octanol–water partition coefficient (Wildman–Crippen LogP) is 3.71. The van der Waals surface area contributed by atoms with Gasteiger partial charge in [0.1, 0.15) is 5.82 Å². The molecule has 0 aliphatic heterocycles. The fourth-order valence-corrected chi connectivity index (χ4v) is 3.18. The molecule has 4 heteroatoms. The third kappa shape index (κ3) is 2.88. The molecule has 0 saturated carbocycles. The van der Waals surface area contributed by atoms with Crippen molar-refractivity contribution in [1.82, 2.24) is 0 Å². The van der Waals surface area contributed by atoms with E-state index in [2.05, 4.69) is 13.0 Å². The third-order valence-electron chi connectivity index (χ3n) is 3.22. The van der Waals surface area contributed by atoms with Gasteiger partial charge in [-0.05, 0) is 35.9 Å².